The molecule has 11 atom stereocenters. The minimum atomic E-state index is -1.95. The fraction of sp³-hybridized carbons (Fsp3) is 0.711. The SMILES string of the molecule is CC(C)/C=C1\NC(=O)[C@@H](Cc2ccccc2)NC(=O)[C@H](CCNC(=O)OC(C)(C)C)NC[C@@H](NC(=O)[C@H](CCNC(=O)OC(C)(C)C)NC(=O)[C@@H](NC(=O)[C@H](CCNC(=O)OC(C)(C)C)NC(=O)CCC(=O)OC2CCCCC2)C(C)O)CCNC(=O)[C@H]([C@H](C)O)NC(=O)[C@H](CCCNC(=O)OC(C)(C)C)NC(=O)[C@H](CCNC(=O)OC(C)(C)C)NC1=O. The van der Waals surface area contributed by atoms with Crippen molar-refractivity contribution in [2.24, 2.45) is 5.92 Å². The van der Waals surface area contributed by atoms with Crippen LogP contribution in [-0.2, 0) is 87.6 Å². The van der Waals surface area contributed by atoms with E-state index in [0.717, 1.165) is 26.2 Å². The van der Waals surface area contributed by atoms with Crippen LogP contribution in [0.1, 0.15) is 227 Å². The lowest BCUT2D eigenvalue weighted by atomic mass is 9.98. The maximum atomic E-state index is 15.3. The topological polar surface area (TPSA) is 561 Å². The molecule has 1 aromatic carbocycles. The van der Waals surface area contributed by atoms with E-state index in [1.165, 1.54) is 13.0 Å². The summed E-state index contributed by atoms with van der Waals surface area (Å²) in [6.45, 7) is 27.5. The molecule has 3 rings (SSSR count). The van der Waals surface area contributed by atoms with E-state index < -0.39 is 241 Å². The highest BCUT2D eigenvalue weighted by molar-refractivity contribution is 6.02. The molecule has 1 saturated heterocycles. The van der Waals surface area contributed by atoms with Gasteiger partial charge in [-0.05, 0) is 200 Å². The van der Waals surface area contributed by atoms with Gasteiger partial charge in [0.2, 0.25) is 53.2 Å². The van der Waals surface area contributed by atoms with Crippen LogP contribution < -0.4 is 85.1 Å². The van der Waals surface area contributed by atoms with Crippen LogP contribution >= 0.6 is 0 Å². The second-order valence-corrected chi connectivity index (χ2v) is 35.7. The van der Waals surface area contributed by atoms with Crippen molar-refractivity contribution in [1.82, 2.24) is 85.1 Å². The second-order valence-electron chi connectivity index (χ2n) is 35.7. The molecule has 40 heteroatoms. The first-order valence-electron chi connectivity index (χ1n) is 42.0. The molecule has 1 aromatic rings. The number of aliphatic hydroxyl groups is 2. The minimum absolute atomic E-state index is 0.0544. The Hall–Kier alpha value is -10.6. The fourth-order valence-corrected chi connectivity index (χ4v) is 12.1. The molecule has 1 aliphatic carbocycles. The van der Waals surface area contributed by atoms with Crippen LogP contribution in [0.25, 0.3) is 0 Å². The Kier molecular flexibility index (Phi) is 44.6. The number of nitrogens with one attached hydrogen (secondary N) is 16. The van der Waals surface area contributed by atoms with Crippen molar-refractivity contribution < 1.29 is 115 Å². The summed E-state index contributed by atoms with van der Waals surface area (Å²) >= 11 is 0. The third kappa shape index (κ3) is 46.4. The van der Waals surface area contributed by atoms with Gasteiger partial charge in [0.1, 0.15) is 82.1 Å². The van der Waals surface area contributed by atoms with E-state index in [0.29, 0.717) is 18.4 Å². The Morgan fingerprint density at radius 3 is 1.45 bits per heavy atom. The Bertz CT molecular complexity index is 3710. The number of ether oxygens (including phenoxy) is 6. The first kappa shape index (κ1) is 107. The molecule has 1 heterocycles. The van der Waals surface area contributed by atoms with Crippen LogP contribution in [-0.4, -0.2) is 252 Å². The normalized spacial score (nSPS) is 20.1. The van der Waals surface area contributed by atoms with Crippen LogP contribution in [0.5, 0.6) is 0 Å². The van der Waals surface area contributed by atoms with E-state index >= 15 is 14.4 Å². The number of rotatable bonds is 32. The first-order chi connectivity index (χ1) is 57.1. The number of hydrogen-bond donors (Lipinski definition) is 18. The first-order valence-corrected chi connectivity index (χ1v) is 42.0. The fourth-order valence-electron chi connectivity index (χ4n) is 12.1. The predicted molar refractivity (Wildman–Crippen MR) is 451 cm³/mol. The number of carbonyl (C=O) groups excluding carboxylic acids is 16. The molecule has 40 nitrogen and oxygen atoms in total. The standard InChI is InChI=1S/C83H138N16O24/c1-48(2)45-59-70(109)94-58(38-44-89-78(117)123-83(17,18)19)67(106)93-55(31-26-39-85-74(113)119-79(5,6)7)68(107)98-63(49(3)100)72(111)84-40-34-52(47-90-54(35-41-86-75(114)120-80(8,9)10)65(104)97-60(71(110)96-59)46-51-27-22-20-23-28-51)91-66(105)57(37-43-88-77(116)122-82(14,15)16)95-73(112)64(50(4)101)99-69(108)56(36-42-87-76(115)121-81(11,12)13)92-61(102)32-33-62(103)118-53-29-24-21-25-30-53/h20,22-23,27-28,45,48-50,52-58,60,63-64,90,100-101H,21,24-26,29-44,46-47H2,1-19H3,(H,84,111)(H,85,113)(H,86,114)(H,87,115)(H,88,116)(H,89,117)(H,91,105)(H,92,102)(H,93,106)(H,94,109)(H,95,112)(H,96,110)(H,97,104)(H,98,107)(H,99,108)/b59-45-/t49-,50?,52-,54-,55-,56-,57-,58-,60+,63-,64-/m0/s1. The van der Waals surface area contributed by atoms with Gasteiger partial charge in [0, 0.05) is 64.7 Å². The summed E-state index contributed by atoms with van der Waals surface area (Å²) in [6.07, 6.45) is -6.02. The summed E-state index contributed by atoms with van der Waals surface area (Å²) < 4.78 is 32.6. The van der Waals surface area contributed by atoms with Crippen molar-refractivity contribution in [3.8, 4) is 0 Å². The Balaban J connectivity index is 2.34. The van der Waals surface area contributed by atoms with Gasteiger partial charge in [-0.2, -0.15) is 0 Å². The minimum Gasteiger partial charge on any atom is -0.462 e. The van der Waals surface area contributed by atoms with Crippen LogP contribution in [0, 0.1) is 5.92 Å². The molecule has 18 N–H and O–H groups in total. The summed E-state index contributed by atoms with van der Waals surface area (Å²) in [7, 11) is 0. The van der Waals surface area contributed by atoms with Crippen molar-refractivity contribution >= 4 is 95.5 Å². The second kappa shape index (κ2) is 51.5. The van der Waals surface area contributed by atoms with Crippen molar-refractivity contribution in [3.63, 3.8) is 0 Å². The number of aliphatic hydroxyl groups excluding tert-OH is 2. The quantitative estimate of drug-likeness (QED) is 0.0213. The van der Waals surface area contributed by atoms with Crippen LogP contribution in [0.2, 0.25) is 0 Å². The molecule has 2 aliphatic rings. The number of hydrogen-bond acceptors (Lipinski definition) is 25. The zero-order chi connectivity index (χ0) is 92.8. The summed E-state index contributed by atoms with van der Waals surface area (Å²) in [5.74, 6) is -11.4. The van der Waals surface area contributed by atoms with Gasteiger partial charge in [0.05, 0.1) is 24.7 Å². The van der Waals surface area contributed by atoms with Crippen LogP contribution in [0.4, 0.5) is 24.0 Å². The lowest BCUT2D eigenvalue weighted by Gasteiger charge is -2.29. The number of benzene rings is 1. The highest BCUT2D eigenvalue weighted by atomic mass is 16.6. The molecule has 0 radical (unpaired) electrons. The largest absolute Gasteiger partial charge is 0.462 e. The van der Waals surface area contributed by atoms with Gasteiger partial charge in [0.15, 0.2) is 0 Å². The third-order valence-electron chi connectivity index (χ3n) is 17.8. The van der Waals surface area contributed by atoms with E-state index in [2.05, 4.69) is 85.1 Å². The van der Waals surface area contributed by atoms with Crippen molar-refractivity contribution in [3.05, 3.63) is 47.7 Å². The maximum Gasteiger partial charge on any atom is 0.407 e. The zero-order valence-corrected chi connectivity index (χ0v) is 74.9. The number of amides is 15. The van der Waals surface area contributed by atoms with Gasteiger partial charge in [-0.1, -0.05) is 56.7 Å². The number of alkyl carbamates (subject to hydrolysis) is 5. The Morgan fingerprint density at radius 2 is 0.951 bits per heavy atom. The molecule has 1 aliphatic heterocycles. The van der Waals surface area contributed by atoms with Gasteiger partial charge in [-0.15, -0.1) is 0 Å². The van der Waals surface area contributed by atoms with E-state index in [9.17, 15) is 72.5 Å². The zero-order valence-electron chi connectivity index (χ0n) is 74.9. The number of esters is 1. The molecule has 0 spiro atoms. The van der Waals surface area contributed by atoms with E-state index in [1.807, 2.05) is 0 Å². The third-order valence-corrected chi connectivity index (χ3v) is 17.8. The Labute approximate surface area is 720 Å². The molecule has 15 amide bonds. The molecule has 1 unspecified atom stereocenters. The van der Waals surface area contributed by atoms with Gasteiger partial charge in [-0.3, -0.25) is 52.7 Å². The van der Waals surface area contributed by atoms with E-state index in [4.69, 9.17) is 28.4 Å². The average Bonchev–Trinajstić information content (AvgIpc) is 1.51. The number of carbonyl (C=O) groups is 16. The summed E-state index contributed by atoms with van der Waals surface area (Å²) in [6, 6.07) is -6.35. The van der Waals surface area contributed by atoms with E-state index in [1.54, 1.807) is 148 Å². The summed E-state index contributed by atoms with van der Waals surface area (Å²) in [5, 5.41) is 64.5. The predicted octanol–water partition coefficient (Wildman–Crippen LogP) is 2.62. The lowest BCUT2D eigenvalue weighted by molar-refractivity contribution is -0.151. The van der Waals surface area contributed by atoms with Crippen molar-refractivity contribution in [2.45, 2.75) is 329 Å². The molecule has 694 valence electrons. The van der Waals surface area contributed by atoms with Gasteiger partial charge < -0.3 is 124 Å². The van der Waals surface area contributed by atoms with Crippen LogP contribution in [0.3, 0.4) is 0 Å². The summed E-state index contributed by atoms with van der Waals surface area (Å²) in [4.78, 5) is 226. The van der Waals surface area contributed by atoms with Gasteiger partial charge in [0.25, 0.3) is 5.91 Å². The summed E-state index contributed by atoms with van der Waals surface area (Å²) in [5.41, 5.74) is -4.74. The molecular weight excluding hydrogens is 1610 g/mol. The Morgan fingerprint density at radius 1 is 0.488 bits per heavy atom. The molecule has 0 bridgehead atoms. The highest BCUT2D eigenvalue weighted by Crippen LogP contribution is 2.22. The van der Waals surface area contributed by atoms with Crippen molar-refractivity contribution in [1.29, 1.82) is 0 Å². The number of allylic oxidation sites excluding steroid dienone is 1. The van der Waals surface area contributed by atoms with Gasteiger partial charge in [-0.25, -0.2) is 24.0 Å². The lowest BCUT2D eigenvalue weighted by Crippen LogP contribution is -2.61. The smallest absolute Gasteiger partial charge is 0.407 e. The maximum absolute atomic E-state index is 15.3. The van der Waals surface area contributed by atoms with Crippen LogP contribution in [0.15, 0.2) is 42.1 Å². The van der Waals surface area contributed by atoms with Crippen molar-refractivity contribution in [2.75, 3.05) is 45.8 Å². The monoisotopic (exact) mass is 1740 g/mol. The highest BCUT2D eigenvalue weighted by Gasteiger charge is 2.38. The average molecular weight is 1740 g/mol. The molecule has 1 saturated carbocycles. The van der Waals surface area contributed by atoms with Gasteiger partial charge >= 0.3 is 36.4 Å². The molecular formula is C83H138N16O24. The molecule has 0 aromatic heterocycles. The molecule has 123 heavy (non-hydrogen) atoms. The molecule has 2 fully saturated rings. The van der Waals surface area contributed by atoms with E-state index in [-0.39, 0.29) is 77.2 Å².